The van der Waals surface area contributed by atoms with Gasteiger partial charge in [0.2, 0.25) is 0 Å². The van der Waals surface area contributed by atoms with Crippen molar-refractivity contribution in [1.29, 1.82) is 0 Å². The molecule has 2 aromatic carbocycles. The topological polar surface area (TPSA) is 43.1 Å². The number of nitrogens with zero attached hydrogens (tertiary/aromatic N) is 1. The number of benzene rings is 2. The first-order valence-electron chi connectivity index (χ1n) is 5.22. The van der Waals surface area contributed by atoms with Crippen molar-refractivity contribution in [2.24, 2.45) is 0 Å². The van der Waals surface area contributed by atoms with E-state index in [2.05, 4.69) is 15.9 Å². The molecular weight excluding hydrogens is 301 g/mol. The predicted octanol–water partition coefficient (Wildman–Crippen LogP) is 4.22. The summed E-state index contributed by atoms with van der Waals surface area (Å²) in [5.74, 6) is -0.290. The van der Waals surface area contributed by atoms with Gasteiger partial charge in [-0.15, -0.1) is 0 Å². The summed E-state index contributed by atoms with van der Waals surface area (Å²) in [6, 6.07) is 12.4. The lowest BCUT2D eigenvalue weighted by Crippen LogP contribution is -1.94. The summed E-state index contributed by atoms with van der Waals surface area (Å²) < 4.78 is 12.8. The quantitative estimate of drug-likeness (QED) is 0.484. The summed E-state index contributed by atoms with van der Waals surface area (Å²) >= 11 is 3.49. The third-order valence-electron chi connectivity index (χ3n) is 2.56. The molecule has 2 aromatic rings. The van der Waals surface area contributed by atoms with E-state index in [1.807, 2.05) is 0 Å². The largest absolute Gasteiger partial charge is 0.269 e. The van der Waals surface area contributed by atoms with Crippen LogP contribution < -0.4 is 0 Å². The van der Waals surface area contributed by atoms with Gasteiger partial charge in [0.25, 0.3) is 5.69 Å². The van der Waals surface area contributed by atoms with Crippen LogP contribution in [0.25, 0.3) is 0 Å². The van der Waals surface area contributed by atoms with Crippen LogP contribution in [0.2, 0.25) is 0 Å². The Labute approximate surface area is 112 Å². The van der Waals surface area contributed by atoms with Gasteiger partial charge in [0.15, 0.2) is 0 Å². The van der Waals surface area contributed by atoms with Crippen molar-refractivity contribution in [2.45, 2.75) is 4.83 Å². The van der Waals surface area contributed by atoms with E-state index in [1.54, 1.807) is 24.3 Å². The molecule has 0 aliphatic heterocycles. The van der Waals surface area contributed by atoms with Crippen LogP contribution in [-0.4, -0.2) is 4.92 Å². The number of alkyl halides is 1. The van der Waals surface area contributed by atoms with Gasteiger partial charge in [-0.05, 0) is 23.3 Å². The molecule has 92 valence electrons. The van der Waals surface area contributed by atoms with Crippen molar-refractivity contribution in [3.05, 3.63) is 75.6 Å². The van der Waals surface area contributed by atoms with Gasteiger partial charge in [-0.1, -0.05) is 40.2 Å². The Kier molecular flexibility index (Phi) is 3.72. The minimum atomic E-state index is -0.440. The molecule has 2 rings (SSSR count). The number of halogens is 2. The number of non-ortho nitro benzene ring substituents is 1. The fourth-order valence-corrected chi connectivity index (χ4v) is 2.20. The van der Waals surface area contributed by atoms with Crippen LogP contribution in [0, 0.1) is 15.9 Å². The Morgan fingerprint density at radius 3 is 1.89 bits per heavy atom. The zero-order valence-corrected chi connectivity index (χ0v) is 10.8. The molecule has 0 bridgehead atoms. The monoisotopic (exact) mass is 309 g/mol. The van der Waals surface area contributed by atoms with E-state index >= 15 is 0 Å². The van der Waals surface area contributed by atoms with Crippen LogP contribution in [0.15, 0.2) is 48.5 Å². The lowest BCUT2D eigenvalue weighted by atomic mass is 10.0. The zero-order chi connectivity index (χ0) is 13.1. The molecule has 0 aliphatic rings. The summed E-state index contributed by atoms with van der Waals surface area (Å²) in [5, 5.41) is 10.5. The highest BCUT2D eigenvalue weighted by Gasteiger charge is 2.12. The summed E-state index contributed by atoms with van der Waals surface area (Å²) in [4.78, 5) is 9.99. The van der Waals surface area contributed by atoms with Crippen LogP contribution in [0.4, 0.5) is 10.1 Å². The number of hydrogen-bond acceptors (Lipinski definition) is 2. The van der Waals surface area contributed by atoms with E-state index in [1.165, 1.54) is 24.3 Å². The molecule has 0 saturated heterocycles. The normalized spacial score (nSPS) is 12.1. The first-order valence-corrected chi connectivity index (χ1v) is 6.13. The number of hydrogen-bond donors (Lipinski definition) is 0. The minimum Gasteiger partial charge on any atom is -0.258 e. The maximum atomic E-state index is 12.8. The second kappa shape index (κ2) is 5.27. The Hall–Kier alpha value is -1.75. The lowest BCUT2D eigenvalue weighted by Gasteiger charge is -2.10. The molecule has 3 nitrogen and oxygen atoms in total. The molecule has 0 aliphatic carbocycles. The van der Waals surface area contributed by atoms with E-state index in [9.17, 15) is 14.5 Å². The SMILES string of the molecule is O=[N+]([O-])c1ccc([C@H](Br)c2ccc(F)cc2)cc1. The van der Waals surface area contributed by atoms with E-state index < -0.39 is 4.92 Å². The van der Waals surface area contributed by atoms with Gasteiger partial charge < -0.3 is 0 Å². The molecule has 5 heteroatoms. The highest BCUT2D eigenvalue weighted by atomic mass is 79.9. The first-order chi connectivity index (χ1) is 8.58. The van der Waals surface area contributed by atoms with Crippen molar-refractivity contribution >= 4 is 21.6 Å². The van der Waals surface area contributed by atoms with E-state index in [-0.39, 0.29) is 16.3 Å². The Morgan fingerprint density at radius 2 is 1.44 bits per heavy atom. The number of nitro groups is 1. The molecule has 18 heavy (non-hydrogen) atoms. The summed E-state index contributed by atoms with van der Waals surface area (Å²) in [6.45, 7) is 0. The Bertz CT molecular complexity index is 554. The highest BCUT2D eigenvalue weighted by molar-refractivity contribution is 9.09. The fraction of sp³-hybridized carbons (Fsp3) is 0.0769. The van der Waals surface area contributed by atoms with Crippen LogP contribution in [0.1, 0.15) is 16.0 Å². The summed E-state index contributed by atoms with van der Waals surface area (Å²) in [7, 11) is 0. The zero-order valence-electron chi connectivity index (χ0n) is 9.22. The first kappa shape index (κ1) is 12.7. The van der Waals surface area contributed by atoms with Crippen LogP contribution >= 0.6 is 15.9 Å². The third-order valence-corrected chi connectivity index (χ3v) is 3.62. The van der Waals surface area contributed by atoms with Crippen LogP contribution in [0.5, 0.6) is 0 Å². The average molecular weight is 310 g/mol. The lowest BCUT2D eigenvalue weighted by molar-refractivity contribution is -0.384. The van der Waals surface area contributed by atoms with Gasteiger partial charge in [0.05, 0.1) is 9.75 Å². The van der Waals surface area contributed by atoms with Gasteiger partial charge in [0.1, 0.15) is 5.82 Å². The van der Waals surface area contributed by atoms with Gasteiger partial charge in [-0.2, -0.15) is 0 Å². The average Bonchev–Trinajstić information content (AvgIpc) is 2.39. The molecule has 0 unspecified atom stereocenters. The summed E-state index contributed by atoms with van der Waals surface area (Å²) in [5.41, 5.74) is 1.83. The standard InChI is InChI=1S/C13H9BrFNO2/c14-13(9-1-5-11(15)6-2-9)10-3-7-12(8-4-10)16(17)18/h1-8,13H/t13-/m1/s1. The summed E-state index contributed by atoms with van der Waals surface area (Å²) in [6.07, 6.45) is 0. The second-order valence-electron chi connectivity index (χ2n) is 3.76. The maximum Gasteiger partial charge on any atom is 0.269 e. The van der Waals surface area contributed by atoms with Crippen molar-refractivity contribution < 1.29 is 9.31 Å². The van der Waals surface area contributed by atoms with Gasteiger partial charge in [0, 0.05) is 12.1 Å². The Balaban J connectivity index is 2.25. The molecule has 0 amide bonds. The Morgan fingerprint density at radius 1 is 1.00 bits per heavy atom. The van der Waals surface area contributed by atoms with Crippen molar-refractivity contribution in [3.8, 4) is 0 Å². The van der Waals surface area contributed by atoms with Crippen LogP contribution in [0.3, 0.4) is 0 Å². The third kappa shape index (κ3) is 2.73. The van der Waals surface area contributed by atoms with Gasteiger partial charge >= 0.3 is 0 Å². The molecule has 0 saturated carbocycles. The second-order valence-corrected chi connectivity index (χ2v) is 4.68. The van der Waals surface area contributed by atoms with Crippen molar-refractivity contribution in [1.82, 2.24) is 0 Å². The van der Waals surface area contributed by atoms with E-state index in [4.69, 9.17) is 0 Å². The molecule has 0 N–H and O–H groups in total. The van der Waals surface area contributed by atoms with E-state index in [0.29, 0.717) is 0 Å². The molecular formula is C13H9BrFNO2. The van der Waals surface area contributed by atoms with Crippen molar-refractivity contribution in [2.75, 3.05) is 0 Å². The van der Waals surface area contributed by atoms with Gasteiger partial charge in [-0.3, -0.25) is 10.1 Å². The van der Waals surface area contributed by atoms with E-state index in [0.717, 1.165) is 11.1 Å². The van der Waals surface area contributed by atoms with Gasteiger partial charge in [-0.25, -0.2) is 4.39 Å². The predicted molar refractivity (Wildman–Crippen MR) is 70.3 cm³/mol. The molecule has 1 atom stereocenters. The molecule has 0 aromatic heterocycles. The molecule has 0 fully saturated rings. The smallest absolute Gasteiger partial charge is 0.258 e. The molecule has 0 heterocycles. The minimum absolute atomic E-state index is 0.0533. The molecule has 0 radical (unpaired) electrons. The number of nitro benzene ring substituents is 1. The number of rotatable bonds is 3. The fourth-order valence-electron chi connectivity index (χ4n) is 1.59. The highest BCUT2D eigenvalue weighted by Crippen LogP contribution is 2.31. The van der Waals surface area contributed by atoms with Crippen molar-refractivity contribution in [3.63, 3.8) is 0 Å². The van der Waals surface area contributed by atoms with Crippen LogP contribution in [-0.2, 0) is 0 Å². The maximum absolute atomic E-state index is 12.8. The molecule has 0 spiro atoms.